The minimum absolute atomic E-state index is 0.304. The molecule has 0 spiro atoms. The Bertz CT molecular complexity index is 532. The Kier molecular flexibility index (Phi) is 8.48. The molecule has 4 nitrogen and oxygen atoms in total. The minimum Gasteiger partial charge on any atom is -0.313 e. The molecule has 0 aromatic heterocycles. The van der Waals surface area contributed by atoms with Gasteiger partial charge in [0.15, 0.2) is 0 Å². The zero-order chi connectivity index (χ0) is 15.7. The Balaban J connectivity index is 2.69. The molecule has 1 aromatic rings. The van der Waals surface area contributed by atoms with Crippen LogP contribution in [-0.2, 0) is 16.6 Å². The van der Waals surface area contributed by atoms with Crippen molar-refractivity contribution in [1.29, 1.82) is 0 Å². The molecule has 21 heavy (non-hydrogen) atoms. The third kappa shape index (κ3) is 6.46. The van der Waals surface area contributed by atoms with E-state index in [1.165, 1.54) is 0 Å². The van der Waals surface area contributed by atoms with Crippen molar-refractivity contribution in [2.45, 2.75) is 51.0 Å². The average Bonchev–Trinajstić information content (AvgIpc) is 2.44. The molecule has 0 saturated carbocycles. The van der Waals surface area contributed by atoms with Crippen molar-refractivity contribution in [2.24, 2.45) is 0 Å². The van der Waals surface area contributed by atoms with E-state index in [1.807, 2.05) is 12.1 Å². The van der Waals surface area contributed by atoms with Crippen LogP contribution in [0.3, 0.4) is 0 Å². The van der Waals surface area contributed by atoms with Crippen LogP contribution in [0.1, 0.15) is 45.1 Å². The first-order valence-corrected chi connectivity index (χ1v) is 9.77. The highest BCUT2D eigenvalue weighted by Gasteiger charge is 2.17. The number of hydrogen-bond donors (Lipinski definition) is 2. The molecule has 0 radical (unpaired) electrons. The molecule has 1 aromatic carbocycles. The summed E-state index contributed by atoms with van der Waals surface area (Å²) in [5.74, 6) is 0. The van der Waals surface area contributed by atoms with Crippen molar-refractivity contribution in [3.8, 4) is 0 Å². The van der Waals surface area contributed by atoms with Crippen LogP contribution < -0.4 is 10.0 Å². The third-order valence-electron chi connectivity index (χ3n) is 3.11. The lowest BCUT2D eigenvalue weighted by atomic mass is 10.2. The number of benzene rings is 1. The third-order valence-corrected chi connectivity index (χ3v) is 5.55. The molecule has 0 aliphatic carbocycles. The predicted molar refractivity (Wildman–Crippen MR) is 90.9 cm³/mol. The van der Waals surface area contributed by atoms with Gasteiger partial charge in [0.1, 0.15) is 0 Å². The molecule has 6 heteroatoms. The zero-order valence-corrected chi connectivity index (χ0v) is 15.2. The van der Waals surface area contributed by atoms with Crippen molar-refractivity contribution in [1.82, 2.24) is 10.0 Å². The molecular weight excluding hydrogens is 352 g/mol. The summed E-state index contributed by atoms with van der Waals surface area (Å²) < 4.78 is 27.7. The summed E-state index contributed by atoms with van der Waals surface area (Å²) >= 11 is 3.37. The first-order chi connectivity index (χ1) is 10.0. The van der Waals surface area contributed by atoms with Gasteiger partial charge in [-0.1, -0.05) is 32.8 Å². The molecule has 0 fully saturated rings. The van der Waals surface area contributed by atoms with E-state index in [-0.39, 0.29) is 0 Å². The predicted octanol–water partition coefficient (Wildman–Crippen LogP) is 3.42. The summed E-state index contributed by atoms with van der Waals surface area (Å²) in [5.41, 5.74) is 1.07. The Labute approximate surface area is 136 Å². The van der Waals surface area contributed by atoms with E-state index in [4.69, 9.17) is 0 Å². The van der Waals surface area contributed by atoms with Gasteiger partial charge in [-0.3, -0.25) is 0 Å². The molecule has 0 saturated heterocycles. The second-order valence-electron chi connectivity index (χ2n) is 5.05. The number of halogens is 1. The van der Waals surface area contributed by atoms with Gasteiger partial charge in [-0.05, 0) is 53.0 Å². The van der Waals surface area contributed by atoms with Gasteiger partial charge in [-0.15, -0.1) is 0 Å². The van der Waals surface area contributed by atoms with Crippen LogP contribution >= 0.6 is 15.9 Å². The molecule has 0 atom stereocenters. The summed E-state index contributed by atoms with van der Waals surface area (Å²) in [6.45, 7) is 6.40. The lowest BCUT2D eigenvalue weighted by Crippen LogP contribution is -2.25. The van der Waals surface area contributed by atoms with E-state index in [9.17, 15) is 8.42 Å². The molecule has 0 heterocycles. The van der Waals surface area contributed by atoms with Gasteiger partial charge in [-0.2, -0.15) is 0 Å². The highest BCUT2D eigenvalue weighted by molar-refractivity contribution is 9.10. The van der Waals surface area contributed by atoms with Gasteiger partial charge in [-0.25, -0.2) is 13.1 Å². The van der Waals surface area contributed by atoms with E-state index in [2.05, 4.69) is 39.8 Å². The summed E-state index contributed by atoms with van der Waals surface area (Å²) in [5, 5.41) is 3.30. The van der Waals surface area contributed by atoms with Crippen LogP contribution in [0.5, 0.6) is 0 Å². The Hall–Kier alpha value is -0.430. The van der Waals surface area contributed by atoms with E-state index >= 15 is 0 Å². The number of unbranched alkanes of at least 4 members (excludes halogenated alkanes) is 2. The van der Waals surface area contributed by atoms with Crippen molar-refractivity contribution >= 4 is 26.0 Å². The first-order valence-electron chi connectivity index (χ1n) is 7.50. The molecule has 120 valence electrons. The number of rotatable bonds is 10. The van der Waals surface area contributed by atoms with Crippen LogP contribution in [0.4, 0.5) is 0 Å². The van der Waals surface area contributed by atoms with E-state index in [1.54, 1.807) is 6.07 Å². The highest BCUT2D eigenvalue weighted by atomic mass is 79.9. The zero-order valence-electron chi connectivity index (χ0n) is 12.8. The molecule has 0 unspecified atom stereocenters. The summed E-state index contributed by atoms with van der Waals surface area (Å²) in [6, 6.07) is 5.38. The van der Waals surface area contributed by atoms with E-state index in [0.29, 0.717) is 15.9 Å². The molecule has 2 N–H and O–H groups in total. The van der Waals surface area contributed by atoms with Gasteiger partial charge in [0.2, 0.25) is 10.0 Å². The smallest absolute Gasteiger partial charge is 0.241 e. The molecule has 1 rings (SSSR count). The highest BCUT2D eigenvalue weighted by Crippen LogP contribution is 2.23. The summed E-state index contributed by atoms with van der Waals surface area (Å²) in [4.78, 5) is 0.304. The standard InChI is InChI=1S/C15H25BrN2O2S/c1-3-5-6-10-18-21(19,20)15-8-7-13(11-14(15)16)12-17-9-4-2/h7-8,11,17-18H,3-6,9-10,12H2,1-2H3. The maximum Gasteiger partial charge on any atom is 0.241 e. The molecular formula is C15H25BrN2O2S. The van der Waals surface area contributed by atoms with Gasteiger partial charge in [0.25, 0.3) is 0 Å². The molecule has 0 aliphatic rings. The number of nitrogens with one attached hydrogen (secondary N) is 2. The maximum absolute atomic E-state index is 12.2. The SMILES string of the molecule is CCCCCNS(=O)(=O)c1ccc(CNCCC)cc1Br. The fourth-order valence-electron chi connectivity index (χ4n) is 1.94. The average molecular weight is 377 g/mol. The monoisotopic (exact) mass is 376 g/mol. The first kappa shape index (κ1) is 18.6. The van der Waals surface area contributed by atoms with Crippen LogP contribution in [-0.4, -0.2) is 21.5 Å². The largest absolute Gasteiger partial charge is 0.313 e. The lowest BCUT2D eigenvalue weighted by Gasteiger charge is -2.10. The van der Waals surface area contributed by atoms with E-state index in [0.717, 1.165) is 44.3 Å². The van der Waals surface area contributed by atoms with Gasteiger partial charge < -0.3 is 5.32 Å². The van der Waals surface area contributed by atoms with Gasteiger partial charge in [0, 0.05) is 17.6 Å². The maximum atomic E-state index is 12.2. The lowest BCUT2D eigenvalue weighted by molar-refractivity contribution is 0.575. The van der Waals surface area contributed by atoms with Crippen LogP contribution in [0, 0.1) is 0 Å². The fourth-order valence-corrected chi connectivity index (χ4v) is 4.14. The molecule has 0 aliphatic heterocycles. The van der Waals surface area contributed by atoms with Gasteiger partial charge in [0.05, 0.1) is 4.90 Å². The quantitative estimate of drug-likeness (QED) is 0.615. The number of hydrogen-bond acceptors (Lipinski definition) is 3. The van der Waals surface area contributed by atoms with E-state index < -0.39 is 10.0 Å². The summed E-state index contributed by atoms with van der Waals surface area (Å²) in [6.07, 6.45) is 4.05. The normalized spacial score (nSPS) is 11.8. The number of sulfonamides is 1. The Morgan fingerprint density at radius 2 is 1.86 bits per heavy atom. The van der Waals surface area contributed by atoms with Crippen molar-refractivity contribution in [3.05, 3.63) is 28.2 Å². The van der Waals surface area contributed by atoms with Crippen LogP contribution in [0.15, 0.2) is 27.6 Å². The van der Waals surface area contributed by atoms with Crippen LogP contribution in [0.2, 0.25) is 0 Å². The Morgan fingerprint density at radius 1 is 1.10 bits per heavy atom. The minimum atomic E-state index is -3.43. The van der Waals surface area contributed by atoms with Gasteiger partial charge >= 0.3 is 0 Å². The second-order valence-corrected chi connectivity index (χ2v) is 7.64. The van der Waals surface area contributed by atoms with Crippen molar-refractivity contribution < 1.29 is 8.42 Å². The van der Waals surface area contributed by atoms with Crippen molar-refractivity contribution in [2.75, 3.05) is 13.1 Å². The fraction of sp³-hybridized carbons (Fsp3) is 0.600. The van der Waals surface area contributed by atoms with Crippen LogP contribution in [0.25, 0.3) is 0 Å². The summed E-state index contributed by atoms with van der Waals surface area (Å²) in [7, 11) is -3.43. The Morgan fingerprint density at radius 3 is 2.48 bits per heavy atom. The molecule has 0 amide bonds. The van der Waals surface area contributed by atoms with Crippen molar-refractivity contribution in [3.63, 3.8) is 0 Å². The topological polar surface area (TPSA) is 58.2 Å². The second kappa shape index (κ2) is 9.56. The molecule has 0 bridgehead atoms.